The minimum absolute atomic E-state index is 0.383. The van der Waals surface area contributed by atoms with Crippen molar-refractivity contribution >= 4 is 53.4 Å². The largest absolute Gasteiger partial charge is 0.456 e. The second kappa shape index (κ2) is 14.6. The van der Waals surface area contributed by atoms with Crippen LogP contribution < -0.4 is 0 Å². The Labute approximate surface area is 401 Å². The molecule has 0 radical (unpaired) electrons. The van der Waals surface area contributed by atoms with E-state index in [1.807, 2.05) is 18.2 Å². The Morgan fingerprint density at radius 3 is 1.62 bits per heavy atom. The number of aromatic nitrogens is 3. The number of furan rings is 1. The highest BCUT2D eigenvalue weighted by molar-refractivity contribution is 7.25. The summed E-state index contributed by atoms with van der Waals surface area (Å²) in [6, 6.07) is 80.9. The molecular formula is C64H37N3OS. The highest BCUT2D eigenvalue weighted by Crippen LogP contribution is 2.63. The fourth-order valence-electron chi connectivity index (χ4n) is 11.6. The van der Waals surface area contributed by atoms with E-state index in [0.29, 0.717) is 17.5 Å². The molecule has 320 valence electrons. The summed E-state index contributed by atoms with van der Waals surface area (Å²) >= 11 is 1.79. The van der Waals surface area contributed by atoms with Gasteiger partial charge in [-0.2, -0.15) is 0 Å². The lowest BCUT2D eigenvalue weighted by Gasteiger charge is -2.30. The van der Waals surface area contributed by atoms with E-state index >= 15 is 0 Å². The summed E-state index contributed by atoms with van der Waals surface area (Å²) in [5.41, 5.74) is 19.0. The Morgan fingerprint density at radius 2 is 0.841 bits per heavy atom. The van der Waals surface area contributed by atoms with Crippen molar-refractivity contribution in [2.24, 2.45) is 0 Å². The van der Waals surface area contributed by atoms with Gasteiger partial charge in [0.15, 0.2) is 17.5 Å². The van der Waals surface area contributed by atoms with Crippen LogP contribution in [0.5, 0.6) is 0 Å². The molecule has 3 aromatic heterocycles. The molecule has 5 heteroatoms. The maximum atomic E-state index is 6.66. The molecule has 15 rings (SSSR count). The highest BCUT2D eigenvalue weighted by Gasteiger charge is 2.51. The molecule has 3 heterocycles. The summed E-state index contributed by atoms with van der Waals surface area (Å²) in [5, 5.41) is 4.47. The maximum absolute atomic E-state index is 6.66. The molecule has 13 aromatic rings. The molecule has 0 aliphatic heterocycles. The zero-order valence-corrected chi connectivity index (χ0v) is 37.8. The van der Waals surface area contributed by atoms with E-state index in [1.54, 1.807) is 11.3 Å². The molecule has 69 heavy (non-hydrogen) atoms. The first kappa shape index (κ1) is 38.3. The van der Waals surface area contributed by atoms with Gasteiger partial charge in [0, 0.05) is 47.6 Å². The third kappa shape index (κ3) is 5.59. The quantitative estimate of drug-likeness (QED) is 0.173. The Kier molecular flexibility index (Phi) is 8.12. The van der Waals surface area contributed by atoms with Crippen LogP contribution in [0.2, 0.25) is 0 Å². The molecule has 0 atom stereocenters. The Hall–Kier alpha value is -8.77. The van der Waals surface area contributed by atoms with Gasteiger partial charge in [0.2, 0.25) is 0 Å². The monoisotopic (exact) mass is 895 g/mol. The maximum Gasteiger partial charge on any atom is 0.164 e. The van der Waals surface area contributed by atoms with Crippen molar-refractivity contribution in [1.82, 2.24) is 15.0 Å². The second-order valence-corrected chi connectivity index (χ2v) is 19.3. The number of hydrogen-bond acceptors (Lipinski definition) is 5. The van der Waals surface area contributed by atoms with Gasteiger partial charge in [-0.05, 0) is 109 Å². The van der Waals surface area contributed by atoms with Gasteiger partial charge in [-0.15, -0.1) is 11.3 Å². The Balaban J connectivity index is 0.903. The molecule has 0 saturated carbocycles. The van der Waals surface area contributed by atoms with Gasteiger partial charge in [-0.25, -0.2) is 15.0 Å². The van der Waals surface area contributed by atoms with E-state index in [4.69, 9.17) is 19.4 Å². The van der Waals surface area contributed by atoms with Crippen molar-refractivity contribution in [3.63, 3.8) is 0 Å². The number of benzene rings is 10. The first-order chi connectivity index (χ1) is 34.2. The third-order valence-corrected chi connectivity index (χ3v) is 15.7. The molecule has 4 nitrogen and oxygen atoms in total. The van der Waals surface area contributed by atoms with Crippen molar-refractivity contribution in [1.29, 1.82) is 0 Å². The van der Waals surface area contributed by atoms with Gasteiger partial charge in [-0.3, -0.25) is 0 Å². The van der Waals surface area contributed by atoms with Gasteiger partial charge in [0.05, 0.1) is 5.41 Å². The van der Waals surface area contributed by atoms with Crippen LogP contribution in [0.3, 0.4) is 0 Å². The van der Waals surface area contributed by atoms with Crippen molar-refractivity contribution in [2.45, 2.75) is 5.41 Å². The first-order valence-corrected chi connectivity index (χ1v) is 24.2. The zero-order valence-electron chi connectivity index (χ0n) is 37.0. The van der Waals surface area contributed by atoms with Crippen LogP contribution in [0.1, 0.15) is 22.3 Å². The summed E-state index contributed by atoms with van der Waals surface area (Å²) < 4.78 is 9.11. The number of nitrogens with zero attached hydrogens (tertiary/aromatic N) is 3. The molecule has 0 unspecified atom stereocenters. The minimum Gasteiger partial charge on any atom is -0.456 e. The highest BCUT2D eigenvalue weighted by atomic mass is 32.1. The van der Waals surface area contributed by atoms with Gasteiger partial charge in [0.1, 0.15) is 11.2 Å². The normalized spacial score (nSPS) is 13.0. The summed E-state index contributed by atoms with van der Waals surface area (Å²) in [4.78, 5) is 15.9. The summed E-state index contributed by atoms with van der Waals surface area (Å²) in [5.74, 6) is 1.82. The standard InChI is InChI=1S/C64H37N3OS/c1-2-14-38(15-3-1)39-16-12-17-42(34-39)61-65-62(43-28-31-48-47-21-7-11-27-58(47)69-59(48)37-43)67-63(66-61)49-22-13-26-57-60(49)51-36-41(30-33-56(51)68-57)40-29-32-55-50(35-40)46-20-6-10-25-54(46)64(55)52-23-8-4-18-44(52)45-19-5-9-24-53(45)64/h1-37H. The summed E-state index contributed by atoms with van der Waals surface area (Å²) in [6.45, 7) is 0. The summed E-state index contributed by atoms with van der Waals surface area (Å²) in [7, 11) is 0. The van der Waals surface area contributed by atoms with Crippen LogP contribution >= 0.6 is 11.3 Å². The molecule has 2 aliphatic rings. The van der Waals surface area contributed by atoms with Crippen LogP contribution in [0, 0.1) is 0 Å². The van der Waals surface area contributed by atoms with Crippen molar-refractivity contribution in [2.75, 3.05) is 0 Å². The molecule has 0 amide bonds. The molecule has 2 aliphatic carbocycles. The topological polar surface area (TPSA) is 51.8 Å². The van der Waals surface area contributed by atoms with Crippen LogP contribution in [0.4, 0.5) is 0 Å². The predicted octanol–water partition coefficient (Wildman–Crippen LogP) is 16.8. The van der Waals surface area contributed by atoms with Crippen molar-refractivity contribution in [3.05, 3.63) is 247 Å². The molecule has 0 saturated heterocycles. The second-order valence-electron chi connectivity index (χ2n) is 18.2. The average molecular weight is 896 g/mol. The molecular weight excluding hydrogens is 859 g/mol. The van der Waals surface area contributed by atoms with Gasteiger partial charge < -0.3 is 4.42 Å². The van der Waals surface area contributed by atoms with E-state index in [9.17, 15) is 0 Å². The molecule has 0 bridgehead atoms. The average Bonchev–Trinajstić information content (AvgIpc) is 4.16. The molecule has 1 spiro atoms. The van der Waals surface area contributed by atoms with Crippen LogP contribution in [-0.4, -0.2) is 15.0 Å². The first-order valence-electron chi connectivity index (χ1n) is 23.4. The van der Waals surface area contributed by atoms with Crippen LogP contribution in [-0.2, 0) is 5.41 Å². The van der Waals surface area contributed by atoms with E-state index in [2.05, 4.69) is 206 Å². The number of hydrogen-bond donors (Lipinski definition) is 0. The number of rotatable bonds is 5. The predicted molar refractivity (Wildman–Crippen MR) is 283 cm³/mol. The van der Waals surface area contributed by atoms with Crippen LogP contribution in [0.25, 0.3) is 121 Å². The fraction of sp³-hybridized carbons (Fsp3) is 0.0156. The minimum atomic E-state index is -0.383. The number of thiophene rings is 1. The lowest BCUT2D eigenvalue weighted by molar-refractivity contribution is 0.669. The van der Waals surface area contributed by atoms with Gasteiger partial charge in [0.25, 0.3) is 0 Å². The molecule has 10 aromatic carbocycles. The van der Waals surface area contributed by atoms with Gasteiger partial charge in [-0.1, -0.05) is 182 Å². The SMILES string of the molecule is c1ccc(-c2cccc(-c3nc(-c4ccc5c(c4)sc4ccccc45)nc(-c4cccc5oc6ccc(-c7ccc8c(c7)-c7ccccc7C87c8ccccc8-c8ccccc87)cc6c45)n3)c2)cc1. The number of fused-ring (bicyclic) bond motifs is 16. The van der Waals surface area contributed by atoms with E-state index < -0.39 is 0 Å². The van der Waals surface area contributed by atoms with Crippen molar-refractivity contribution in [3.8, 4) is 78.7 Å². The fourth-order valence-corrected chi connectivity index (χ4v) is 12.7. The molecule has 0 fully saturated rings. The van der Waals surface area contributed by atoms with E-state index in [-0.39, 0.29) is 5.41 Å². The lowest BCUT2D eigenvalue weighted by Crippen LogP contribution is -2.25. The zero-order chi connectivity index (χ0) is 45.2. The smallest absolute Gasteiger partial charge is 0.164 e. The third-order valence-electron chi connectivity index (χ3n) is 14.6. The Morgan fingerprint density at radius 1 is 0.304 bits per heavy atom. The van der Waals surface area contributed by atoms with Gasteiger partial charge >= 0.3 is 0 Å². The van der Waals surface area contributed by atoms with Crippen molar-refractivity contribution < 1.29 is 4.42 Å². The van der Waals surface area contributed by atoms with E-state index in [1.165, 1.54) is 64.7 Å². The van der Waals surface area contributed by atoms with Crippen LogP contribution in [0.15, 0.2) is 229 Å². The van der Waals surface area contributed by atoms with E-state index in [0.717, 1.165) is 60.9 Å². The summed E-state index contributed by atoms with van der Waals surface area (Å²) in [6.07, 6.45) is 0. The Bertz CT molecular complexity index is 4230. The molecule has 0 N–H and O–H groups in total. The lowest BCUT2D eigenvalue weighted by atomic mass is 9.70.